The predicted molar refractivity (Wildman–Crippen MR) is 54.2 cm³/mol. The van der Waals surface area contributed by atoms with Gasteiger partial charge in [-0.3, -0.25) is 4.79 Å². The van der Waals surface area contributed by atoms with Gasteiger partial charge in [-0.05, 0) is 17.7 Å². The van der Waals surface area contributed by atoms with Crippen molar-refractivity contribution in [2.75, 3.05) is 13.2 Å². The molecule has 0 saturated carbocycles. The summed E-state index contributed by atoms with van der Waals surface area (Å²) in [5, 5.41) is 0. The smallest absolute Gasteiger partial charge is 0.198 e. The first-order valence-electron chi connectivity index (χ1n) is 5.19. The standard InChI is InChI=1S/C12H12O3/c13-10-3-4-11-9(8-10)2-1-5-12(11)14-6-7-15-12/h1-4H,5-8H2. The van der Waals surface area contributed by atoms with Crippen molar-refractivity contribution in [1.29, 1.82) is 0 Å². The van der Waals surface area contributed by atoms with Gasteiger partial charge in [0.05, 0.1) is 13.2 Å². The van der Waals surface area contributed by atoms with Crippen molar-refractivity contribution < 1.29 is 14.3 Å². The maximum absolute atomic E-state index is 11.3. The van der Waals surface area contributed by atoms with Gasteiger partial charge in [0.1, 0.15) is 0 Å². The minimum Gasteiger partial charge on any atom is -0.343 e. The van der Waals surface area contributed by atoms with Crippen LogP contribution in [0.5, 0.6) is 0 Å². The van der Waals surface area contributed by atoms with Gasteiger partial charge < -0.3 is 9.47 Å². The second kappa shape index (κ2) is 3.15. The minimum absolute atomic E-state index is 0.147. The Morgan fingerprint density at radius 1 is 1.13 bits per heavy atom. The topological polar surface area (TPSA) is 35.5 Å². The van der Waals surface area contributed by atoms with Crippen LogP contribution >= 0.6 is 0 Å². The van der Waals surface area contributed by atoms with Crippen LogP contribution in [-0.4, -0.2) is 24.8 Å². The summed E-state index contributed by atoms with van der Waals surface area (Å²) in [7, 11) is 0. The zero-order valence-electron chi connectivity index (χ0n) is 8.36. The van der Waals surface area contributed by atoms with E-state index in [4.69, 9.17) is 9.47 Å². The molecule has 0 amide bonds. The molecule has 0 N–H and O–H groups in total. The first-order chi connectivity index (χ1) is 7.30. The number of fused-ring (bicyclic) bond motifs is 1. The molecule has 0 radical (unpaired) electrons. The fraction of sp³-hybridized carbons (Fsp3) is 0.417. The molecule has 0 aromatic rings. The molecule has 1 saturated heterocycles. The van der Waals surface area contributed by atoms with Crippen molar-refractivity contribution in [3.05, 3.63) is 35.5 Å². The van der Waals surface area contributed by atoms with Crippen LogP contribution in [0.2, 0.25) is 0 Å². The van der Waals surface area contributed by atoms with Crippen LogP contribution < -0.4 is 0 Å². The van der Waals surface area contributed by atoms with Crippen LogP contribution in [-0.2, 0) is 14.3 Å². The Hall–Kier alpha value is -1.19. The maximum atomic E-state index is 11.3. The second-order valence-electron chi connectivity index (χ2n) is 3.97. The lowest BCUT2D eigenvalue weighted by atomic mass is 9.85. The summed E-state index contributed by atoms with van der Waals surface area (Å²) in [6.45, 7) is 1.26. The summed E-state index contributed by atoms with van der Waals surface area (Å²) in [5.41, 5.74) is 2.07. The lowest BCUT2D eigenvalue weighted by Gasteiger charge is -2.33. The van der Waals surface area contributed by atoms with E-state index in [-0.39, 0.29) is 5.78 Å². The summed E-state index contributed by atoms with van der Waals surface area (Å²) >= 11 is 0. The van der Waals surface area contributed by atoms with Crippen LogP contribution in [0, 0.1) is 0 Å². The number of ether oxygens (including phenoxy) is 2. The predicted octanol–water partition coefficient (Wildman–Crippen LogP) is 1.51. The van der Waals surface area contributed by atoms with E-state index < -0.39 is 5.79 Å². The molecular weight excluding hydrogens is 192 g/mol. The van der Waals surface area contributed by atoms with E-state index in [1.807, 2.05) is 18.2 Å². The number of carbonyl (C=O) groups excluding carboxylic acids is 1. The SMILES string of the molecule is O=C1C=CC2=C(C=CCC23OCCO3)C1. The molecule has 0 aromatic carbocycles. The largest absolute Gasteiger partial charge is 0.343 e. The number of allylic oxidation sites excluding steroid dienone is 3. The molecule has 1 aliphatic heterocycles. The molecule has 1 spiro atoms. The monoisotopic (exact) mass is 204 g/mol. The second-order valence-corrected chi connectivity index (χ2v) is 3.97. The molecule has 1 fully saturated rings. The molecule has 3 aliphatic rings. The molecule has 3 rings (SSSR count). The van der Waals surface area contributed by atoms with E-state index in [0.717, 1.165) is 17.6 Å². The fourth-order valence-electron chi connectivity index (χ4n) is 2.34. The molecular formula is C12H12O3. The summed E-state index contributed by atoms with van der Waals surface area (Å²) in [4.78, 5) is 11.3. The average Bonchev–Trinajstić information content (AvgIpc) is 2.67. The van der Waals surface area contributed by atoms with Gasteiger partial charge in [0.2, 0.25) is 0 Å². The Kier molecular flexibility index (Phi) is 1.90. The van der Waals surface area contributed by atoms with Crippen molar-refractivity contribution in [1.82, 2.24) is 0 Å². The van der Waals surface area contributed by atoms with Gasteiger partial charge >= 0.3 is 0 Å². The fourth-order valence-corrected chi connectivity index (χ4v) is 2.34. The van der Waals surface area contributed by atoms with E-state index in [1.165, 1.54) is 0 Å². The Morgan fingerprint density at radius 3 is 2.73 bits per heavy atom. The van der Waals surface area contributed by atoms with E-state index in [0.29, 0.717) is 19.6 Å². The van der Waals surface area contributed by atoms with Crippen molar-refractivity contribution >= 4 is 5.78 Å². The van der Waals surface area contributed by atoms with E-state index in [2.05, 4.69) is 0 Å². The normalized spacial score (nSPS) is 27.6. The lowest BCUT2D eigenvalue weighted by molar-refractivity contribution is -0.122. The van der Waals surface area contributed by atoms with Gasteiger partial charge in [-0.15, -0.1) is 0 Å². The first-order valence-corrected chi connectivity index (χ1v) is 5.19. The van der Waals surface area contributed by atoms with E-state index in [1.54, 1.807) is 6.08 Å². The molecule has 3 nitrogen and oxygen atoms in total. The summed E-state index contributed by atoms with van der Waals surface area (Å²) < 4.78 is 11.4. The maximum Gasteiger partial charge on any atom is 0.198 e. The lowest BCUT2D eigenvalue weighted by Crippen LogP contribution is -2.35. The molecule has 0 aromatic heterocycles. The molecule has 0 unspecified atom stereocenters. The molecule has 2 aliphatic carbocycles. The minimum atomic E-state index is -0.596. The Balaban J connectivity index is 2.04. The van der Waals surface area contributed by atoms with Gasteiger partial charge in [-0.25, -0.2) is 0 Å². The van der Waals surface area contributed by atoms with Crippen molar-refractivity contribution in [3.8, 4) is 0 Å². The third-order valence-corrected chi connectivity index (χ3v) is 3.02. The molecule has 78 valence electrons. The highest BCUT2D eigenvalue weighted by Crippen LogP contribution is 2.40. The molecule has 3 heteroatoms. The quantitative estimate of drug-likeness (QED) is 0.600. The van der Waals surface area contributed by atoms with Crippen LogP contribution in [0.25, 0.3) is 0 Å². The van der Waals surface area contributed by atoms with Crippen molar-refractivity contribution in [2.24, 2.45) is 0 Å². The molecule has 1 heterocycles. The number of hydrogen-bond donors (Lipinski definition) is 0. The highest BCUT2D eigenvalue weighted by molar-refractivity contribution is 5.94. The van der Waals surface area contributed by atoms with Crippen molar-refractivity contribution in [3.63, 3.8) is 0 Å². The Bertz CT molecular complexity index is 395. The van der Waals surface area contributed by atoms with Gasteiger partial charge in [0.15, 0.2) is 11.6 Å². The van der Waals surface area contributed by atoms with Crippen LogP contribution in [0.3, 0.4) is 0 Å². The molecule has 15 heavy (non-hydrogen) atoms. The van der Waals surface area contributed by atoms with Gasteiger partial charge in [-0.2, -0.15) is 0 Å². The van der Waals surface area contributed by atoms with Gasteiger partial charge in [0, 0.05) is 18.4 Å². The highest BCUT2D eigenvalue weighted by atomic mass is 16.7. The van der Waals surface area contributed by atoms with E-state index >= 15 is 0 Å². The average molecular weight is 204 g/mol. The summed E-state index contributed by atoms with van der Waals surface area (Å²) in [6, 6.07) is 0. The van der Waals surface area contributed by atoms with Crippen molar-refractivity contribution in [2.45, 2.75) is 18.6 Å². The number of carbonyl (C=O) groups is 1. The molecule has 0 bridgehead atoms. The third-order valence-electron chi connectivity index (χ3n) is 3.02. The highest BCUT2D eigenvalue weighted by Gasteiger charge is 2.42. The number of ketones is 1. The Morgan fingerprint density at radius 2 is 1.93 bits per heavy atom. The zero-order chi connectivity index (χ0) is 10.3. The van der Waals surface area contributed by atoms with E-state index in [9.17, 15) is 4.79 Å². The van der Waals surface area contributed by atoms with Crippen LogP contribution in [0.4, 0.5) is 0 Å². The van der Waals surface area contributed by atoms with Gasteiger partial charge in [-0.1, -0.05) is 12.2 Å². The van der Waals surface area contributed by atoms with Crippen LogP contribution in [0.1, 0.15) is 12.8 Å². The van der Waals surface area contributed by atoms with Crippen LogP contribution in [0.15, 0.2) is 35.5 Å². The summed E-state index contributed by atoms with van der Waals surface area (Å²) in [5.74, 6) is -0.449. The summed E-state index contributed by atoms with van der Waals surface area (Å²) in [6.07, 6.45) is 8.70. The zero-order valence-corrected chi connectivity index (χ0v) is 8.36. The first kappa shape index (κ1) is 9.07. The number of hydrogen-bond acceptors (Lipinski definition) is 3. The van der Waals surface area contributed by atoms with Gasteiger partial charge in [0.25, 0.3) is 0 Å². The Labute approximate surface area is 88.1 Å². The number of rotatable bonds is 0. The molecule has 0 atom stereocenters. The third kappa shape index (κ3) is 1.31.